The topological polar surface area (TPSA) is 53.8 Å². The average molecular weight is 375 g/mol. The molecular formula is C22H21N3OS. The van der Waals surface area contributed by atoms with Crippen LogP contribution in [0, 0.1) is 6.92 Å². The molecule has 0 fully saturated rings. The van der Waals surface area contributed by atoms with Crippen molar-refractivity contribution >= 4 is 34.7 Å². The number of azo groups is 1. The van der Waals surface area contributed by atoms with Crippen LogP contribution in [0.2, 0.25) is 0 Å². The summed E-state index contributed by atoms with van der Waals surface area (Å²) in [5.41, 5.74) is 3.55. The van der Waals surface area contributed by atoms with Gasteiger partial charge >= 0.3 is 0 Å². The highest BCUT2D eigenvalue weighted by Crippen LogP contribution is 2.21. The monoisotopic (exact) mass is 375 g/mol. The third-order valence-electron chi connectivity index (χ3n) is 3.81. The lowest BCUT2D eigenvalue weighted by atomic mass is 10.2. The lowest BCUT2D eigenvalue weighted by molar-refractivity contribution is -0.115. The van der Waals surface area contributed by atoms with Crippen molar-refractivity contribution < 1.29 is 4.79 Å². The number of hydrogen-bond donors (Lipinski definition) is 1. The highest BCUT2D eigenvalue weighted by Gasteiger charge is 2.03. The third kappa shape index (κ3) is 6.38. The number of thioether (sulfide) groups is 1. The molecule has 4 nitrogen and oxygen atoms in total. The van der Waals surface area contributed by atoms with Crippen molar-refractivity contribution in [2.75, 3.05) is 11.1 Å². The van der Waals surface area contributed by atoms with E-state index in [0.717, 1.165) is 22.8 Å². The first-order valence-corrected chi connectivity index (χ1v) is 9.74. The van der Waals surface area contributed by atoms with Gasteiger partial charge in [-0.3, -0.25) is 4.79 Å². The van der Waals surface area contributed by atoms with E-state index >= 15 is 0 Å². The van der Waals surface area contributed by atoms with Crippen molar-refractivity contribution in [1.29, 1.82) is 0 Å². The van der Waals surface area contributed by atoms with E-state index in [1.54, 1.807) is 11.8 Å². The van der Waals surface area contributed by atoms with Gasteiger partial charge in [0.25, 0.3) is 0 Å². The van der Waals surface area contributed by atoms with Gasteiger partial charge < -0.3 is 5.32 Å². The van der Waals surface area contributed by atoms with Gasteiger partial charge in [0.05, 0.1) is 11.4 Å². The molecule has 0 atom stereocenters. The molecule has 0 aliphatic heterocycles. The number of hydrogen-bond acceptors (Lipinski definition) is 4. The molecule has 1 amide bonds. The Morgan fingerprint density at radius 2 is 1.48 bits per heavy atom. The van der Waals surface area contributed by atoms with Crippen molar-refractivity contribution in [2.45, 2.75) is 18.2 Å². The summed E-state index contributed by atoms with van der Waals surface area (Å²) in [4.78, 5) is 13.3. The number of carbonyl (C=O) groups is 1. The van der Waals surface area contributed by atoms with Crippen LogP contribution in [0.3, 0.4) is 0 Å². The molecule has 3 aromatic rings. The second kappa shape index (κ2) is 9.69. The Bertz CT molecular complexity index is 891. The van der Waals surface area contributed by atoms with Crippen LogP contribution in [-0.4, -0.2) is 11.7 Å². The molecule has 3 rings (SSSR count). The first-order chi connectivity index (χ1) is 13.2. The maximum Gasteiger partial charge on any atom is 0.225 e. The van der Waals surface area contributed by atoms with Crippen molar-refractivity contribution in [3.05, 3.63) is 84.4 Å². The van der Waals surface area contributed by atoms with Crippen LogP contribution in [-0.2, 0) is 4.79 Å². The van der Waals surface area contributed by atoms with Gasteiger partial charge in [0.15, 0.2) is 0 Å². The van der Waals surface area contributed by atoms with Crippen LogP contribution >= 0.6 is 11.8 Å². The van der Waals surface area contributed by atoms with Crippen molar-refractivity contribution in [2.24, 2.45) is 10.2 Å². The molecule has 0 saturated heterocycles. The molecule has 0 aliphatic rings. The minimum absolute atomic E-state index is 0.00766. The van der Waals surface area contributed by atoms with Crippen LogP contribution in [0.4, 0.5) is 17.1 Å². The summed E-state index contributed by atoms with van der Waals surface area (Å²) in [5, 5.41) is 11.3. The standard InChI is InChI=1S/C22H21N3OS/c1-17-7-13-21(14-8-17)27-16-15-22(26)23-18-9-11-20(12-10-18)25-24-19-5-3-2-4-6-19/h2-14H,15-16H2,1H3,(H,23,26). The molecule has 0 unspecified atom stereocenters. The van der Waals surface area contributed by atoms with E-state index in [2.05, 4.69) is 46.7 Å². The molecule has 0 heterocycles. The highest BCUT2D eigenvalue weighted by molar-refractivity contribution is 7.99. The van der Waals surface area contributed by atoms with E-state index in [0.29, 0.717) is 6.42 Å². The summed E-state index contributed by atoms with van der Waals surface area (Å²) >= 11 is 1.69. The van der Waals surface area contributed by atoms with Gasteiger partial charge in [0.2, 0.25) is 5.91 Å². The number of aryl methyl sites for hydroxylation is 1. The molecule has 0 aromatic heterocycles. The predicted molar refractivity (Wildman–Crippen MR) is 112 cm³/mol. The van der Waals surface area contributed by atoms with E-state index in [-0.39, 0.29) is 5.91 Å². The van der Waals surface area contributed by atoms with Gasteiger partial charge in [0, 0.05) is 22.8 Å². The number of amides is 1. The summed E-state index contributed by atoms with van der Waals surface area (Å²) in [6, 6.07) is 25.3. The quantitative estimate of drug-likeness (QED) is 0.377. The summed E-state index contributed by atoms with van der Waals surface area (Å²) in [6.07, 6.45) is 0.466. The molecule has 0 bridgehead atoms. The Hall–Kier alpha value is -2.92. The molecule has 0 radical (unpaired) electrons. The molecule has 5 heteroatoms. The number of nitrogens with one attached hydrogen (secondary N) is 1. The molecule has 1 N–H and O–H groups in total. The number of anilines is 1. The lowest BCUT2D eigenvalue weighted by Gasteiger charge is -2.06. The SMILES string of the molecule is Cc1ccc(SCCC(=O)Nc2ccc(N=Nc3ccccc3)cc2)cc1. The van der Waals surface area contributed by atoms with Crippen molar-refractivity contribution in [3.8, 4) is 0 Å². The minimum Gasteiger partial charge on any atom is -0.326 e. The second-order valence-corrected chi connectivity index (χ2v) is 7.21. The van der Waals surface area contributed by atoms with Crippen LogP contribution in [0.5, 0.6) is 0 Å². The third-order valence-corrected chi connectivity index (χ3v) is 4.82. The number of carbonyl (C=O) groups excluding carboxylic acids is 1. The molecular weight excluding hydrogens is 354 g/mol. The molecule has 0 saturated carbocycles. The molecule has 0 spiro atoms. The smallest absolute Gasteiger partial charge is 0.225 e. The van der Waals surface area contributed by atoms with E-state index in [9.17, 15) is 4.79 Å². The maximum absolute atomic E-state index is 12.1. The first kappa shape index (κ1) is 18.9. The van der Waals surface area contributed by atoms with Crippen LogP contribution in [0.15, 0.2) is 94.0 Å². The van der Waals surface area contributed by atoms with Gasteiger partial charge in [-0.2, -0.15) is 10.2 Å². The van der Waals surface area contributed by atoms with Crippen molar-refractivity contribution in [1.82, 2.24) is 0 Å². The zero-order valence-electron chi connectivity index (χ0n) is 15.1. The predicted octanol–water partition coefficient (Wildman–Crippen LogP) is 6.53. The molecule has 136 valence electrons. The van der Waals surface area contributed by atoms with Crippen LogP contribution in [0.1, 0.15) is 12.0 Å². The fraction of sp³-hybridized carbons (Fsp3) is 0.136. The molecule has 3 aromatic carbocycles. The van der Waals surface area contributed by atoms with E-state index in [1.807, 2.05) is 54.6 Å². The minimum atomic E-state index is 0.00766. The Kier molecular flexibility index (Phi) is 6.77. The van der Waals surface area contributed by atoms with Gasteiger partial charge in [-0.05, 0) is 55.5 Å². The normalized spacial score (nSPS) is 10.9. The first-order valence-electron chi connectivity index (χ1n) is 8.75. The van der Waals surface area contributed by atoms with E-state index in [1.165, 1.54) is 10.5 Å². The second-order valence-electron chi connectivity index (χ2n) is 6.04. The van der Waals surface area contributed by atoms with Gasteiger partial charge in [-0.1, -0.05) is 35.9 Å². The lowest BCUT2D eigenvalue weighted by Crippen LogP contribution is -2.11. The number of rotatable bonds is 7. The Labute approximate surface area is 163 Å². The number of nitrogens with zero attached hydrogens (tertiary/aromatic N) is 2. The van der Waals surface area contributed by atoms with Crippen molar-refractivity contribution in [3.63, 3.8) is 0 Å². The van der Waals surface area contributed by atoms with Gasteiger partial charge in [-0.25, -0.2) is 0 Å². The summed E-state index contributed by atoms with van der Waals surface area (Å²) in [5.74, 6) is 0.756. The zero-order valence-corrected chi connectivity index (χ0v) is 15.9. The van der Waals surface area contributed by atoms with Crippen LogP contribution in [0.25, 0.3) is 0 Å². The fourth-order valence-corrected chi connectivity index (χ4v) is 3.19. The average Bonchev–Trinajstić information content (AvgIpc) is 2.70. The largest absolute Gasteiger partial charge is 0.326 e. The Morgan fingerprint density at radius 1 is 0.852 bits per heavy atom. The summed E-state index contributed by atoms with van der Waals surface area (Å²) in [7, 11) is 0. The number of benzene rings is 3. The molecule has 0 aliphatic carbocycles. The van der Waals surface area contributed by atoms with Gasteiger partial charge in [0.1, 0.15) is 0 Å². The van der Waals surface area contributed by atoms with Gasteiger partial charge in [-0.15, -0.1) is 11.8 Å². The fourth-order valence-electron chi connectivity index (χ4n) is 2.34. The van der Waals surface area contributed by atoms with E-state index < -0.39 is 0 Å². The van der Waals surface area contributed by atoms with E-state index in [4.69, 9.17) is 0 Å². The maximum atomic E-state index is 12.1. The molecule has 27 heavy (non-hydrogen) atoms. The Balaban J connectivity index is 1.45. The zero-order chi connectivity index (χ0) is 18.9. The summed E-state index contributed by atoms with van der Waals surface area (Å²) < 4.78 is 0. The Morgan fingerprint density at radius 3 is 2.15 bits per heavy atom. The summed E-state index contributed by atoms with van der Waals surface area (Å²) in [6.45, 7) is 2.07. The van der Waals surface area contributed by atoms with Crippen LogP contribution < -0.4 is 5.32 Å². The highest BCUT2D eigenvalue weighted by atomic mass is 32.2.